The van der Waals surface area contributed by atoms with E-state index >= 15 is 0 Å². The van der Waals surface area contributed by atoms with Crippen molar-refractivity contribution in [2.24, 2.45) is 0 Å². The lowest BCUT2D eigenvalue weighted by molar-refractivity contribution is -0.142. The lowest BCUT2D eigenvalue weighted by Crippen LogP contribution is -2.46. The Kier molecular flexibility index (Phi) is 6.45. The molecule has 1 saturated heterocycles. The lowest BCUT2D eigenvalue weighted by atomic mass is 10.1. The monoisotopic (exact) mass is 260 g/mol. The van der Waals surface area contributed by atoms with E-state index in [1.54, 1.807) is 12.0 Å². The number of likely N-dealkylation sites (tertiary alicyclic amines) is 1. The van der Waals surface area contributed by atoms with Gasteiger partial charge in [-0.25, -0.2) is 9.59 Å². The Labute approximate surface area is 106 Å². The molecule has 0 saturated carbocycles. The van der Waals surface area contributed by atoms with E-state index in [2.05, 4.69) is 5.32 Å². The maximum absolute atomic E-state index is 11.7. The van der Waals surface area contributed by atoms with Crippen LogP contribution in [0.2, 0.25) is 0 Å². The first kappa shape index (κ1) is 14.7. The third kappa shape index (κ3) is 5.33. The molecule has 7 heteroatoms. The molecule has 2 N–H and O–H groups in total. The number of carbonyl (C=O) groups is 2. The summed E-state index contributed by atoms with van der Waals surface area (Å²) in [6.07, 6.45) is 1.94. The predicted molar refractivity (Wildman–Crippen MR) is 63.5 cm³/mol. The van der Waals surface area contributed by atoms with Gasteiger partial charge in [-0.05, 0) is 12.8 Å². The maximum Gasteiger partial charge on any atom is 0.329 e. The van der Waals surface area contributed by atoms with E-state index in [9.17, 15) is 9.59 Å². The van der Waals surface area contributed by atoms with E-state index in [-0.39, 0.29) is 25.3 Å². The van der Waals surface area contributed by atoms with Crippen LogP contribution < -0.4 is 5.32 Å². The largest absolute Gasteiger partial charge is 0.480 e. The number of nitrogens with zero attached hydrogens (tertiary/aromatic N) is 1. The SMILES string of the molecule is COC1CCN(C(=O)NCCOCC(=O)O)CC1. The fourth-order valence-electron chi connectivity index (χ4n) is 1.80. The van der Waals surface area contributed by atoms with Gasteiger partial charge in [0.2, 0.25) is 0 Å². The molecule has 1 rings (SSSR count). The highest BCUT2D eigenvalue weighted by molar-refractivity contribution is 5.74. The molecule has 0 aromatic rings. The molecule has 0 spiro atoms. The first-order chi connectivity index (χ1) is 8.63. The Balaban J connectivity index is 2.08. The summed E-state index contributed by atoms with van der Waals surface area (Å²) in [6.45, 7) is 1.54. The fraction of sp³-hybridized carbons (Fsp3) is 0.818. The van der Waals surface area contributed by atoms with Crippen LogP contribution in [0.3, 0.4) is 0 Å². The number of carboxylic acids is 1. The van der Waals surface area contributed by atoms with Gasteiger partial charge in [0.05, 0.1) is 12.7 Å². The molecule has 0 aromatic carbocycles. The van der Waals surface area contributed by atoms with Gasteiger partial charge in [0.25, 0.3) is 0 Å². The number of urea groups is 1. The normalized spacial score (nSPS) is 16.6. The van der Waals surface area contributed by atoms with E-state index in [0.29, 0.717) is 19.6 Å². The summed E-state index contributed by atoms with van der Waals surface area (Å²) in [5, 5.41) is 11.0. The van der Waals surface area contributed by atoms with Crippen LogP contribution in [0.15, 0.2) is 0 Å². The average Bonchev–Trinajstić information content (AvgIpc) is 2.38. The van der Waals surface area contributed by atoms with Gasteiger partial charge in [-0.3, -0.25) is 0 Å². The molecule has 1 aliphatic heterocycles. The van der Waals surface area contributed by atoms with Crippen molar-refractivity contribution in [2.75, 3.05) is 40.0 Å². The predicted octanol–water partition coefficient (Wildman–Crippen LogP) is -0.0920. The Morgan fingerprint density at radius 1 is 1.39 bits per heavy atom. The van der Waals surface area contributed by atoms with Gasteiger partial charge in [-0.1, -0.05) is 0 Å². The van der Waals surface area contributed by atoms with Crippen molar-refractivity contribution in [3.63, 3.8) is 0 Å². The van der Waals surface area contributed by atoms with Crippen LogP contribution in [0.5, 0.6) is 0 Å². The van der Waals surface area contributed by atoms with Gasteiger partial charge >= 0.3 is 12.0 Å². The highest BCUT2D eigenvalue weighted by atomic mass is 16.5. The van der Waals surface area contributed by atoms with Crippen molar-refractivity contribution in [3.05, 3.63) is 0 Å². The Morgan fingerprint density at radius 2 is 2.06 bits per heavy atom. The quantitative estimate of drug-likeness (QED) is 0.651. The number of hydrogen-bond acceptors (Lipinski definition) is 4. The molecule has 0 unspecified atom stereocenters. The third-order valence-electron chi connectivity index (χ3n) is 2.81. The minimum Gasteiger partial charge on any atom is -0.480 e. The number of amides is 2. The molecule has 0 atom stereocenters. The summed E-state index contributed by atoms with van der Waals surface area (Å²) in [5.74, 6) is -1.01. The van der Waals surface area contributed by atoms with Crippen LogP contribution in [0, 0.1) is 0 Å². The molecule has 18 heavy (non-hydrogen) atoms. The van der Waals surface area contributed by atoms with Crippen LogP contribution >= 0.6 is 0 Å². The molecule has 0 aliphatic carbocycles. The molecule has 2 amide bonds. The van der Waals surface area contributed by atoms with Crippen LogP contribution in [0.4, 0.5) is 4.79 Å². The fourth-order valence-corrected chi connectivity index (χ4v) is 1.80. The van der Waals surface area contributed by atoms with Crippen molar-refractivity contribution in [2.45, 2.75) is 18.9 Å². The van der Waals surface area contributed by atoms with Crippen molar-refractivity contribution < 1.29 is 24.2 Å². The highest BCUT2D eigenvalue weighted by Crippen LogP contribution is 2.12. The number of ether oxygens (including phenoxy) is 2. The van der Waals surface area contributed by atoms with Crippen LogP contribution in [0.25, 0.3) is 0 Å². The van der Waals surface area contributed by atoms with Crippen molar-refractivity contribution in [3.8, 4) is 0 Å². The van der Waals surface area contributed by atoms with Crippen molar-refractivity contribution in [1.29, 1.82) is 0 Å². The lowest BCUT2D eigenvalue weighted by Gasteiger charge is -2.31. The third-order valence-corrected chi connectivity index (χ3v) is 2.81. The first-order valence-electron chi connectivity index (χ1n) is 5.98. The molecule has 0 aromatic heterocycles. The zero-order chi connectivity index (χ0) is 13.4. The summed E-state index contributed by atoms with van der Waals surface area (Å²) in [6, 6.07) is -0.136. The first-order valence-corrected chi connectivity index (χ1v) is 5.98. The molecule has 1 fully saturated rings. The van der Waals surface area contributed by atoms with Gasteiger partial charge in [0.1, 0.15) is 6.61 Å². The second-order valence-corrected chi connectivity index (χ2v) is 4.10. The summed E-state index contributed by atoms with van der Waals surface area (Å²) in [5.41, 5.74) is 0. The molecule has 0 bridgehead atoms. The number of rotatable bonds is 6. The summed E-state index contributed by atoms with van der Waals surface area (Å²) >= 11 is 0. The molecule has 7 nitrogen and oxygen atoms in total. The highest BCUT2D eigenvalue weighted by Gasteiger charge is 2.21. The van der Waals surface area contributed by atoms with Gasteiger partial charge in [0, 0.05) is 26.7 Å². The zero-order valence-electron chi connectivity index (χ0n) is 10.6. The number of methoxy groups -OCH3 is 1. The number of nitrogens with one attached hydrogen (secondary N) is 1. The Hall–Kier alpha value is -1.34. The molecular weight excluding hydrogens is 240 g/mol. The second kappa shape index (κ2) is 7.88. The number of carboxylic acid groups (broad SMARTS) is 1. The Morgan fingerprint density at radius 3 is 2.61 bits per heavy atom. The number of aliphatic carboxylic acids is 1. The second-order valence-electron chi connectivity index (χ2n) is 4.10. The minimum atomic E-state index is -1.01. The van der Waals surface area contributed by atoms with E-state index < -0.39 is 5.97 Å². The van der Waals surface area contributed by atoms with Gasteiger partial charge in [-0.2, -0.15) is 0 Å². The maximum atomic E-state index is 11.7. The van der Waals surface area contributed by atoms with E-state index in [4.69, 9.17) is 14.6 Å². The van der Waals surface area contributed by atoms with E-state index in [1.165, 1.54) is 0 Å². The molecular formula is C11H20N2O5. The van der Waals surface area contributed by atoms with Crippen molar-refractivity contribution >= 4 is 12.0 Å². The smallest absolute Gasteiger partial charge is 0.329 e. The van der Waals surface area contributed by atoms with Gasteiger partial charge < -0.3 is 24.8 Å². The van der Waals surface area contributed by atoms with Gasteiger partial charge in [0.15, 0.2) is 0 Å². The number of piperidine rings is 1. The van der Waals surface area contributed by atoms with Crippen LogP contribution in [-0.4, -0.2) is 68.1 Å². The van der Waals surface area contributed by atoms with Gasteiger partial charge in [-0.15, -0.1) is 0 Å². The molecule has 104 valence electrons. The van der Waals surface area contributed by atoms with E-state index in [1.807, 2.05) is 0 Å². The number of hydrogen-bond donors (Lipinski definition) is 2. The molecule has 0 radical (unpaired) electrons. The summed E-state index contributed by atoms with van der Waals surface area (Å²) < 4.78 is 10.0. The summed E-state index contributed by atoms with van der Waals surface area (Å²) in [7, 11) is 1.68. The number of carbonyl (C=O) groups excluding carboxylic acids is 1. The van der Waals surface area contributed by atoms with Crippen molar-refractivity contribution in [1.82, 2.24) is 10.2 Å². The average molecular weight is 260 g/mol. The summed E-state index contributed by atoms with van der Waals surface area (Å²) in [4.78, 5) is 23.6. The van der Waals surface area contributed by atoms with Crippen LogP contribution in [-0.2, 0) is 14.3 Å². The topological polar surface area (TPSA) is 88.1 Å². The minimum absolute atomic E-state index is 0.136. The standard InChI is InChI=1S/C11H20N2O5/c1-17-9-2-5-13(6-3-9)11(16)12-4-7-18-8-10(14)15/h9H,2-8H2,1H3,(H,12,16)(H,14,15). The molecule has 1 aliphatic rings. The molecule has 1 heterocycles. The zero-order valence-corrected chi connectivity index (χ0v) is 10.6. The Bertz CT molecular complexity index is 277. The van der Waals surface area contributed by atoms with Crippen LogP contribution in [0.1, 0.15) is 12.8 Å². The van der Waals surface area contributed by atoms with E-state index in [0.717, 1.165) is 12.8 Å².